The highest BCUT2D eigenvalue weighted by Crippen LogP contribution is 2.33. The van der Waals surface area contributed by atoms with E-state index >= 15 is 0 Å². The molecule has 0 atom stereocenters. The number of rotatable bonds is 2. The first kappa shape index (κ1) is 15.4. The summed E-state index contributed by atoms with van der Waals surface area (Å²) in [4.78, 5) is 0. The van der Waals surface area contributed by atoms with E-state index in [1.807, 2.05) is 28.7 Å². The summed E-state index contributed by atoms with van der Waals surface area (Å²) in [6.45, 7) is 0. The zero-order valence-corrected chi connectivity index (χ0v) is 13.6. The molecule has 0 heterocycles. The van der Waals surface area contributed by atoms with Gasteiger partial charge in [-0.05, 0) is 59.0 Å². The molecule has 104 valence electrons. The Balaban J connectivity index is 2.26. The number of hydrogen-bond acceptors (Lipinski definition) is 2. The maximum Gasteiger partial charge on any atom is 0.416 e. The van der Waals surface area contributed by atoms with Gasteiger partial charge in [-0.2, -0.15) is 18.3 Å². The average Bonchev–Trinajstić information content (AvgIpc) is 2.36. The molecule has 0 saturated carbocycles. The molecule has 0 aromatic heterocycles. The van der Waals surface area contributed by atoms with Gasteiger partial charge in [0.1, 0.15) is 0 Å². The van der Waals surface area contributed by atoms with Crippen LogP contribution in [0.3, 0.4) is 0 Å². The monoisotopic (exact) mass is 454 g/mol. The van der Waals surface area contributed by atoms with Crippen molar-refractivity contribution in [2.24, 2.45) is 10.2 Å². The van der Waals surface area contributed by atoms with Crippen molar-refractivity contribution in [2.45, 2.75) is 6.18 Å². The number of hydrogen-bond donors (Lipinski definition) is 0. The van der Waals surface area contributed by atoms with Crippen LogP contribution in [-0.2, 0) is 6.18 Å². The number of azo groups is 1. The molecule has 0 aliphatic rings. The molecule has 2 nitrogen and oxygen atoms in total. The Morgan fingerprint density at radius 1 is 1.00 bits per heavy atom. The Morgan fingerprint density at radius 2 is 1.75 bits per heavy atom. The molecule has 2 aromatic carbocycles. The van der Waals surface area contributed by atoms with Gasteiger partial charge in [0.2, 0.25) is 0 Å². The molecular formula is C13H7BrF3IN2. The van der Waals surface area contributed by atoms with Crippen molar-refractivity contribution in [3.05, 3.63) is 56.1 Å². The van der Waals surface area contributed by atoms with Gasteiger partial charge in [-0.25, -0.2) is 0 Å². The van der Waals surface area contributed by atoms with Crippen LogP contribution in [0.4, 0.5) is 24.5 Å². The lowest BCUT2D eigenvalue weighted by Gasteiger charge is -2.07. The summed E-state index contributed by atoms with van der Waals surface area (Å²) in [5.74, 6) is 0. The molecule has 0 unspecified atom stereocenters. The zero-order valence-electron chi connectivity index (χ0n) is 9.83. The van der Waals surface area contributed by atoms with E-state index in [0.29, 0.717) is 14.9 Å². The van der Waals surface area contributed by atoms with Crippen LogP contribution < -0.4 is 0 Å². The molecule has 0 bridgehead atoms. The summed E-state index contributed by atoms with van der Waals surface area (Å²) < 4.78 is 38.9. The Labute approximate surface area is 135 Å². The molecule has 0 radical (unpaired) electrons. The van der Waals surface area contributed by atoms with E-state index in [-0.39, 0.29) is 0 Å². The first-order chi connectivity index (χ1) is 9.36. The van der Waals surface area contributed by atoms with Gasteiger partial charge in [0, 0.05) is 8.04 Å². The van der Waals surface area contributed by atoms with Gasteiger partial charge in [-0.1, -0.05) is 22.0 Å². The second-order valence-electron chi connectivity index (χ2n) is 3.84. The molecule has 0 N–H and O–H groups in total. The van der Waals surface area contributed by atoms with Gasteiger partial charge in [0.05, 0.1) is 16.9 Å². The standard InChI is InChI=1S/C13H7BrF3IN2/c14-9-2-1-3-10(7-9)19-20-12-5-4-8(6-11(12)18)13(15,16)17/h1-7H. The van der Waals surface area contributed by atoms with Gasteiger partial charge < -0.3 is 0 Å². The summed E-state index contributed by atoms with van der Waals surface area (Å²) in [6.07, 6.45) is -4.35. The maximum absolute atomic E-state index is 12.5. The van der Waals surface area contributed by atoms with Crippen LogP contribution in [0.2, 0.25) is 0 Å². The minimum atomic E-state index is -4.35. The van der Waals surface area contributed by atoms with E-state index in [4.69, 9.17) is 0 Å². The van der Waals surface area contributed by atoms with E-state index < -0.39 is 11.7 Å². The summed E-state index contributed by atoms with van der Waals surface area (Å²) in [5.41, 5.74) is 0.331. The quantitative estimate of drug-likeness (QED) is 0.366. The first-order valence-electron chi connectivity index (χ1n) is 5.40. The van der Waals surface area contributed by atoms with Crippen molar-refractivity contribution in [1.82, 2.24) is 0 Å². The van der Waals surface area contributed by atoms with Crippen molar-refractivity contribution >= 4 is 49.9 Å². The zero-order chi connectivity index (χ0) is 14.8. The van der Waals surface area contributed by atoms with Gasteiger partial charge in [0.25, 0.3) is 0 Å². The van der Waals surface area contributed by atoms with Crippen LogP contribution >= 0.6 is 38.5 Å². The Morgan fingerprint density at radius 3 is 2.35 bits per heavy atom. The second-order valence-corrected chi connectivity index (χ2v) is 5.92. The number of halogens is 5. The van der Waals surface area contributed by atoms with Crippen molar-refractivity contribution in [1.29, 1.82) is 0 Å². The van der Waals surface area contributed by atoms with Gasteiger partial charge in [0.15, 0.2) is 0 Å². The van der Waals surface area contributed by atoms with Crippen molar-refractivity contribution in [3.63, 3.8) is 0 Å². The van der Waals surface area contributed by atoms with Crippen LogP contribution in [0.1, 0.15) is 5.56 Å². The SMILES string of the molecule is FC(F)(F)c1ccc(N=Nc2cccc(Br)c2)c(I)c1. The molecule has 0 spiro atoms. The highest BCUT2D eigenvalue weighted by atomic mass is 127. The fourth-order valence-electron chi connectivity index (χ4n) is 1.41. The predicted octanol–water partition coefficient (Wildman–Crippen LogP) is 6.49. The fourth-order valence-corrected chi connectivity index (χ4v) is 2.42. The highest BCUT2D eigenvalue weighted by Gasteiger charge is 2.30. The topological polar surface area (TPSA) is 24.7 Å². The fraction of sp³-hybridized carbons (Fsp3) is 0.0769. The number of nitrogens with zero attached hydrogens (tertiary/aromatic N) is 2. The summed E-state index contributed by atoms with van der Waals surface area (Å²) in [7, 11) is 0. The van der Waals surface area contributed by atoms with Gasteiger partial charge in [-0.15, -0.1) is 5.11 Å². The molecular weight excluding hydrogens is 448 g/mol. The number of benzene rings is 2. The van der Waals surface area contributed by atoms with Gasteiger partial charge >= 0.3 is 6.18 Å². The van der Waals surface area contributed by atoms with E-state index in [2.05, 4.69) is 26.2 Å². The van der Waals surface area contributed by atoms with Crippen LogP contribution in [0.25, 0.3) is 0 Å². The lowest BCUT2D eigenvalue weighted by molar-refractivity contribution is -0.137. The molecule has 0 saturated heterocycles. The third kappa shape index (κ3) is 4.02. The van der Waals surface area contributed by atoms with Crippen LogP contribution in [0.15, 0.2) is 57.2 Å². The maximum atomic E-state index is 12.5. The van der Waals surface area contributed by atoms with E-state index in [9.17, 15) is 13.2 Å². The molecule has 2 rings (SSSR count). The summed E-state index contributed by atoms with van der Waals surface area (Å²) in [6, 6.07) is 10.5. The third-order valence-corrected chi connectivity index (χ3v) is 3.71. The second kappa shape index (κ2) is 6.21. The molecule has 0 aliphatic carbocycles. The minimum Gasteiger partial charge on any atom is -0.166 e. The van der Waals surface area contributed by atoms with E-state index in [0.717, 1.165) is 16.6 Å². The van der Waals surface area contributed by atoms with Gasteiger partial charge in [-0.3, -0.25) is 0 Å². The largest absolute Gasteiger partial charge is 0.416 e. The molecule has 2 aromatic rings. The first-order valence-corrected chi connectivity index (χ1v) is 7.27. The molecule has 20 heavy (non-hydrogen) atoms. The third-order valence-electron chi connectivity index (χ3n) is 2.36. The van der Waals surface area contributed by atoms with E-state index in [1.165, 1.54) is 6.07 Å². The van der Waals surface area contributed by atoms with Crippen molar-refractivity contribution in [3.8, 4) is 0 Å². The van der Waals surface area contributed by atoms with E-state index in [1.54, 1.807) is 18.2 Å². The predicted molar refractivity (Wildman–Crippen MR) is 82.5 cm³/mol. The summed E-state index contributed by atoms with van der Waals surface area (Å²) >= 11 is 5.12. The Bertz CT molecular complexity index is 656. The smallest absolute Gasteiger partial charge is 0.166 e. The normalized spacial score (nSPS) is 12.1. The Kier molecular flexibility index (Phi) is 4.79. The molecule has 0 fully saturated rings. The molecule has 0 amide bonds. The Hall–Kier alpha value is -0.960. The number of alkyl halides is 3. The lowest BCUT2D eigenvalue weighted by atomic mass is 10.2. The summed E-state index contributed by atoms with van der Waals surface area (Å²) in [5, 5.41) is 7.97. The van der Waals surface area contributed by atoms with Crippen molar-refractivity contribution < 1.29 is 13.2 Å². The minimum absolute atomic E-state index is 0.399. The van der Waals surface area contributed by atoms with Crippen LogP contribution in [-0.4, -0.2) is 0 Å². The highest BCUT2D eigenvalue weighted by molar-refractivity contribution is 14.1. The van der Waals surface area contributed by atoms with Crippen LogP contribution in [0, 0.1) is 3.57 Å². The van der Waals surface area contributed by atoms with Crippen LogP contribution in [0.5, 0.6) is 0 Å². The molecule has 0 aliphatic heterocycles. The average molecular weight is 455 g/mol. The van der Waals surface area contributed by atoms with Crippen molar-refractivity contribution in [2.75, 3.05) is 0 Å². The molecule has 7 heteroatoms. The lowest BCUT2D eigenvalue weighted by Crippen LogP contribution is -2.04.